The van der Waals surface area contributed by atoms with Crippen molar-refractivity contribution in [3.05, 3.63) is 36.5 Å². The Morgan fingerprint density at radius 3 is 1.28 bits per heavy atom. The first-order valence-electron chi connectivity index (χ1n) is 34.8. The number of rotatable bonds is 60. The van der Waals surface area contributed by atoms with Crippen molar-refractivity contribution in [2.24, 2.45) is 0 Å². The second-order valence-electron chi connectivity index (χ2n) is 24.3. The van der Waals surface area contributed by atoms with E-state index >= 15 is 0 Å². The van der Waals surface area contributed by atoms with Gasteiger partial charge in [0, 0.05) is 6.42 Å². The van der Waals surface area contributed by atoms with E-state index in [1.54, 1.807) is 6.08 Å². The zero-order valence-corrected chi connectivity index (χ0v) is 52.9. The van der Waals surface area contributed by atoms with Crippen LogP contribution in [0.2, 0.25) is 0 Å². The van der Waals surface area contributed by atoms with Crippen LogP contribution in [0.3, 0.4) is 0 Å². The van der Waals surface area contributed by atoms with Crippen molar-refractivity contribution in [3.63, 3.8) is 0 Å². The van der Waals surface area contributed by atoms with E-state index in [9.17, 15) is 35.1 Å². The highest BCUT2D eigenvalue weighted by Gasteiger charge is 2.47. The van der Waals surface area contributed by atoms with Gasteiger partial charge in [0.25, 0.3) is 0 Å². The first-order chi connectivity index (χ1) is 39.7. The van der Waals surface area contributed by atoms with Gasteiger partial charge >= 0.3 is 5.97 Å². The van der Waals surface area contributed by atoms with Crippen LogP contribution in [0.25, 0.3) is 0 Å². The lowest BCUT2D eigenvalue weighted by molar-refractivity contribution is -0.305. The molecular weight excluding hydrogens is 1010 g/mol. The average Bonchev–Trinajstić information content (AvgIpc) is 3.47. The molecule has 0 spiro atoms. The number of allylic oxidation sites excluding steroid dienone is 5. The topological polar surface area (TPSA) is 175 Å². The predicted molar refractivity (Wildman–Crippen MR) is 338 cm³/mol. The van der Waals surface area contributed by atoms with E-state index in [0.717, 1.165) is 83.5 Å². The maximum Gasteiger partial charge on any atom is 0.306 e. The number of nitrogens with one attached hydrogen (secondary N) is 1. The zero-order chi connectivity index (χ0) is 58.9. The molecule has 1 rings (SSSR count). The molecule has 11 nitrogen and oxygen atoms in total. The Labute approximate surface area is 498 Å². The summed E-state index contributed by atoms with van der Waals surface area (Å²) < 4.78 is 17.7. The molecule has 1 fully saturated rings. The van der Waals surface area contributed by atoms with E-state index in [-0.39, 0.29) is 19.4 Å². The molecule has 476 valence electrons. The summed E-state index contributed by atoms with van der Waals surface area (Å²) in [7, 11) is 0. The molecule has 0 aromatic rings. The van der Waals surface area contributed by atoms with Gasteiger partial charge in [-0.15, -0.1) is 0 Å². The molecule has 0 bridgehead atoms. The van der Waals surface area contributed by atoms with Crippen LogP contribution in [0.1, 0.15) is 335 Å². The van der Waals surface area contributed by atoms with Gasteiger partial charge in [0.05, 0.1) is 25.4 Å². The van der Waals surface area contributed by atoms with Crippen LogP contribution in [0, 0.1) is 0 Å². The van der Waals surface area contributed by atoms with E-state index in [1.807, 2.05) is 6.08 Å². The number of carbonyl (C=O) groups excluding carboxylic acids is 2. The standard InChI is InChI=1S/C70H131NO10/c1-4-7-10-13-16-19-22-25-27-29-30-31-32-33-34-35-37-40-43-46-49-52-55-58-65(75)81-68-67(77)66(76)64(59-72)80-70(68)79-60-61(62(73)56-53-50-47-44-41-38-24-21-18-15-12-9-6-3)71-69(78)63(74)57-54-51-48-45-42-39-36-28-26-23-20-17-14-11-8-5-2/h17,20,26,28,53,56,61-64,66-68,70,72-74,76-77H,4-16,18-19,21-25,27,29-52,54-55,57-60H2,1-3H3,(H,71,78)/b20-17-,28-26-,56-53+. The molecule has 1 saturated heterocycles. The largest absolute Gasteiger partial charge is 0.454 e. The van der Waals surface area contributed by atoms with E-state index < -0.39 is 67.4 Å². The molecule has 0 radical (unpaired) electrons. The first-order valence-corrected chi connectivity index (χ1v) is 34.8. The van der Waals surface area contributed by atoms with E-state index in [1.165, 1.54) is 205 Å². The van der Waals surface area contributed by atoms with Crippen molar-refractivity contribution in [1.82, 2.24) is 5.32 Å². The van der Waals surface area contributed by atoms with Gasteiger partial charge < -0.3 is 45.1 Å². The minimum absolute atomic E-state index is 0.128. The quantitative estimate of drug-likeness (QED) is 0.0195. The van der Waals surface area contributed by atoms with E-state index in [4.69, 9.17) is 14.2 Å². The highest BCUT2D eigenvalue weighted by Crippen LogP contribution is 2.26. The Hall–Kier alpha value is -2.12. The van der Waals surface area contributed by atoms with Crippen molar-refractivity contribution in [2.75, 3.05) is 13.2 Å². The van der Waals surface area contributed by atoms with Gasteiger partial charge in [0.15, 0.2) is 12.4 Å². The monoisotopic (exact) mass is 1150 g/mol. The van der Waals surface area contributed by atoms with Crippen LogP contribution in [0.5, 0.6) is 0 Å². The summed E-state index contributed by atoms with van der Waals surface area (Å²) in [5.41, 5.74) is 0. The fourth-order valence-corrected chi connectivity index (χ4v) is 11.0. The zero-order valence-electron chi connectivity index (χ0n) is 52.9. The molecule has 1 aliphatic heterocycles. The Bertz CT molecular complexity index is 1460. The number of unbranched alkanes of at least 4 members (excludes halogenated alkanes) is 42. The summed E-state index contributed by atoms with van der Waals surface area (Å²) in [6.45, 7) is 5.81. The number of aliphatic hydroxyl groups excluding tert-OH is 5. The molecule has 0 saturated carbocycles. The molecule has 0 aromatic heterocycles. The van der Waals surface area contributed by atoms with Gasteiger partial charge in [-0.25, -0.2) is 0 Å². The third-order valence-electron chi connectivity index (χ3n) is 16.5. The summed E-state index contributed by atoms with van der Waals surface area (Å²) in [5, 5.41) is 57.2. The molecule has 8 unspecified atom stereocenters. The summed E-state index contributed by atoms with van der Waals surface area (Å²) in [5.74, 6) is -1.19. The fourth-order valence-electron chi connectivity index (χ4n) is 11.0. The molecule has 0 aromatic carbocycles. The minimum atomic E-state index is -1.61. The highest BCUT2D eigenvalue weighted by molar-refractivity contribution is 5.80. The van der Waals surface area contributed by atoms with Gasteiger partial charge in [0.2, 0.25) is 5.91 Å². The number of amides is 1. The van der Waals surface area contributed by atoms with Crippen molar-refractivity contribution >= 4 is 11.9 Å². The van der Waals surface area contributed by atoms with Gasteiger partial charge in [-0.1, -0.05) is 308 Å². The van der Waals surface area contributed by atoms with Crippen molar-refractivity contribution in [3.8, 4) is 0 Å². The predicted octanol–water partition coefficient (Wildman–Crippen LogP) is 17.4. The Kier molecular flexibility index (Phi) is 55.3. The van der Waals surface area contributed by atoms with Crippen LogP contribution in [-0.2, 0) is 23.8 Å². The number of ether oxygens (including phenoxy) is 3. The molecule has 11 heteroatoms. The van der Waals surface area contributed by atoms with E-state index in [2.05, 4.69) is 50.4 Å². The van der Waals surface area contributed by atoms with Crippen LogP contribution in [0.15, 0.2) is 36.5 Å². The number of carbonyl (C=O) groups is 2. The van der Waals surface area contributed by atoms with Crippen LogP contribution >= 0.6 is 0 Å². The molecule has 81 heavy (non-hydrogen) atoms. The molecule has 1 amide bonds. The Morgan fingerprint density at radius 2 is 0.852 bits per heavy atom. The normalized spacial score (nSPS) is 18.8. The fraction of sp³-hybridized carbons (Fsp3) is 0.886. The maximum absolute atomic E-state index is 13.5. The first kappa shape index (κ1) is 76.9. The third kappa shape index (κ3) is 45.9. The number of aliphatic hydroxyl groups is 5. The van der Waals surface area contributed by atoms with Gasteiger partial charge in [-0.05, 0) is 57.8 Å². The second-order valence-corrected chi connectivity index (χ2v) is 24.3. The molecule has 6 N–H and O–H groups in total. The number of hydrogen-bond donors (Lipinski definition) is 6. The van der Waals surface area contributed by atoms with Crippen molar-refractivity contribution in [1.29, 1.82) is 0 Å². The lowest BCUT2D eigenvalue weighted by Crippen LogP contribution is -2.61. The summed E-state index contributed by atoms with van der Waals surface area (Å²) in [4.78, 5) is 26.6. The van der Waals surface area contributed by atoms with Crippen molar-refractivity contribution < 1.29 is 49.3 Å². The maximum atomic E-state index is 13.5. The number of esters is 1. The van der Waals surface area contributed by atoms with Crippen molar-refractivity contribution in [2.45, 2.75) is 384 Å². The Morgan fingerprint density at radius 1 is 0.481 bits per heavy atom. The van der Waals surface area contributed by atoms with Crippen LogP contribution < -0.4 is 5.32 Å². The van der Waals surface area contributed by atoms with E-state index in [0.29, 0.717) is 12.8 Å². The molecular formula is C70H131NO10. The third-order valence-corrected chi connectivity index (χ3v) is 16.5. The summed E-state index contributed by atoms with van der Waals surface area (Å²) in [6, 6.07) is -1.03. The van der Waals surface area contributed by atoms with Crippen LogP contribution in [-0.4, -0.2) is 99.6 Å². The summed E-state index contributed by atoms with van der Waals surface area (Å²) in [6.07, 6.45) is 60.4. The summed E-state index contributed by atoms with van der Waals surface area (Å²) >= 11 is 0. The van der Waals surface area contributed by atoms with Crippen LogP contribution in [0.4, 0.5) is 0 Å². The average molecular weight is 1150 g/mol. The minimum Gasteiger partial charge on any atom is -0.454 e. The molecule has 0 aliphatic carbocycles. The van der Waals surface area contributed by atoms with Gasteiger partial charge in [0.1, 0.15) is 24.4 Å². The SMILES string of the molecule is CCCCC/C=C\C/C=C\CCCCCCCCC(O)C(=O)NC(COC1OC(CO)C(O)C(O)C1OC(=O)CCCCCCCCCCCCCCCCCCCCCCCCC)C(O)/C=C/CCCCCCCCCCCCC. The molecule has 8 atom stereocenters. The van der Waals surface area contributed by atoms with Gasteiger partial charge in [-0.2, -0.15) is 0 Å². The second kappa shape index (κ2) is 58.3. The van der Waals surface area contributed by atoms with Gasteiger partial charge in [-0.3, -0.25) is 9.59 Å². The number of hydrogen-bond acceptors (Lipinski definition) is 10. The smallest absolute Gasteiger partial charge is 0.306 e. The highest BCUT2D eigenvalue weighted by atomic mass is 16.7. The Balaban J connectivity index is 2.59. The lowest BCUT2D eigenvalue weighted by atomic mass is 9.99. The molecule has 1 aliphatic rings. The molecule has 1 heterocycles. The lowest BCUT2D eigenvalue weighted by Gasteiger charge is -2.41.